The van der Waals surface area contributed by atoms with Crippen molar-refractivity contribution in [3.05, 3.63) is 0 Å². The van der Waals surface area contributed by atoms with Crippen LogP contribution in [0.3, 0.4) is 0 Å². The van der Waals surface area contributed by atoms with Crippen molar-refractivity contribution < 1.29 is 69.8 Å². The van der Waals surface area contributed by atoms with Gasteiger partial charge in [0, 0.05) is 46.8 Å². The van der Waals surface area contributed by atoms with E-state index in [1.165, 1.54) is 0 Å². The fourth-order valence-electron chi connectivity index (χ4n) is 0. The Morgan fingerprint density at radius 3 is 1.12 bits per heavy atom. The van der Waals surface area contributed by atoms with Crippen molar-refractivity contribution in [3.8, 4) is 0 Å². The van der Waals surface area contributed by atoms with Crippen LogP contribution in [0.5, 0.6) is 0 Å². The Morgan fingerprint density at radius 1 is 1.12 bits per heavy atom. The van der Waals surface area contributed by atoms with Gasteiger partial charge in [0.15, 0.2) is 0 Å². The van der Waals surface area contributed by atoms with E-state index in [4.69, 9.17) is 17.5 Å². The zero-order valence-electron chi connectivity index (χ0n) is 4.03. The molecule has 5 nitrogen and oxygen atoms in total. The molecule has 0 saturated carbocycles. The van der Waals surface area contributed by atoms with Crippen molar-refractivity contribution in [1.29, 1.82) is 0 Å². The van der Waals surface area contributed by atoms with Crippen LogP contribution in [-0.2, 0) is 57.2 Å². The zero-order chi connectivity index (χ0) is 4.50. The van der Waals surface area contributed by atoms with Crippen LogP contribution in [0.25, 0.3) is 0 Å². The van der Waals surface area contributed by atoms with Crippen molar-refractivity contribution in [2.24, 2.45) is 0 Å². The van der Waals surface area contributed by atoms with Gasteiger partial charge in [0.1, 0.15) is 0 Å². The molecule has 8 heavy (non-hydrogen) atoms. The standard InChI is InChI=1S/Cd.H2O4S.H2O.Zn/c;1-5(2,3)4;;/h;(H2,1,2,3,4);1H2;. The van der Waals surface area contributed by atoms with Gasteiger partial charge in [-0.25, -0.2) is 0 Å². The second-order valence-corrected chi connectivity index (χ2v) is 1.34. The average Bonchev–Trinajstić information content (AvgIpc) is 0.722. The van der Waals surface area contributed by atoms with E-state index in [2.05, 4.69) is 0 Å². The first-order valence-corrected chi connectivity index (χ1v) is 2.10. The van der Waals surface area contributed by atoms with Gasteiger partial charge in [0.05, 0.1) is 0 Å². The number of hydrogen-bond donors (Lipinski definition) is 2. The maximum Gasteiger partial charge on any atom is 0.394 e. The molecule has 0 aliphatic carbocycles. The molecule has 0 rings (SSSR count). The van der Waals surface area contributed by atoms with E-state index in [1.807, 2.05) is 0 Å². The normalized spacial score (nSPS) is 7.25. The first kappa shape index (κ1) is 22.8. The predicted molar refractivity (Wildman–Crippen MR) is 17.8 cm³/mol. The van der Waals surface area contributed by atoms with Crippen LogP contribution >= 0.6 is 0 Å². The maximum absolute atomic E-state index is 8.74. The van der Waals surface area contributed by atoms with E-state index in [0.29, 0.717) is 0 Å². The summed E-state index contributed by atoms with van der Waals surface area (Å²) in [5.74, 6) is 0. The molecule has 0 aliphatic heterocycles. The van der Waals surface area contributed by atoms with Crippen LogP contribution in [-0.4, -0.2) is 23.0 Å². The summed E-state index contributed by atoms with van der Waals surface area (Å²) in [6, 6.07) is 0. The molecule has 8 heteroatoms. The van der Waals surface area contributed by atoms with Crippen molar-refractivity contribution in [2.75, 3.05) is 0 Å². The Kier molecular flexibility index (Phi) is 23.8. The Balaban J connectivity index is -0.0000000267. The van der Waals surface area contributed by atoms with E-state index in [-0.39, 0.29) is 52.3 Å². The average molecular weight is 294 g/mol. The van der Waals surface area contributed by atoms with E-state index < -0.39 is 10.4 Å². The summed E-state index contributed by atoms with van der Waals surface area (Å²) in [7, 11) is -4.67. The van der Waals surface area contributed by atoms with Gasteiger partial charge in [-0.15, -0.1) is 0 Å². The van der Waals surface area contributed by atoms with Gasteiger partial charge in [-0.3, -0.25) is 9.11 Å². The van der Waals surface area contributed by atoms with E-state index >= 15 is 0 Å². The van der Waals surface area contributed by atoms with Gasteiger partial charge in [-0.05, 0) is 0 Å². The largest absolute Gasteiger partial charge is 0.412 e. The van der Waals surface area contributed by atoms with Crippen LogP contribution in [0.4, 0.5) is 0 Å². The summed E-state index contributed by atoms with van der Waals surface area (Å²) >= 11 is 0. The summed E-state index contributed by atoms with van der Waals surface area (Å²) in [4.78, 5) is 0. The fraction of sp³-hybridized carbons (Fsp3) is 0. The van der Waals surface area contributed by atoms with Crippen LogP contribution in [0.2, 0.25) is 0 Å². The smallest absolute Gasteiger partial charge is 0.394 e. The molecule has 0 unspecified atom stereocenters. The van der Waals surface area contributed by atoms with Crippen molar-refractivity contribution >= 4 is 10.4 Å². The second kappa shape index (κ2) is 8.38. The summed E-state index contributed by atoms with van der Waals surface area (Å²) in [5, 5.41) is 0. The molecular weight excluding hydrogens is 290 g/mol. The van der Waals surface area contributed by atoms with Crippen LogP contribution in [0, 0.1) is 0 Å². The van der Waals surface area contributed by atoms with Gasteiger partial charge in [0.25, 0.3) is 0 Å². The van der Waals surface area contributed by atoms with Crippen molar-refractivity contribution in [2.45, 2.75) is 0 Å². The van der Waals surface area contributed by atoms with Crippen LogP contribution in [0.1, 0.15) is 0 Å². The molecule has 0 radical (unpaired) electrons. The Bertz CT molecular complexity index is 95.6. The SMILES string of the molecule is O.O=S(=O)(O)O.[Cd].[Zn]. The molecule has 44 valence electrons. The molecule has 4 N–H and O–H groups in total. The summed E-state index contributed by atoms with van der Waals surface area (Å²) < 4.78 is 31.6. The molecule has 0 saturated heterocycles. The minimum atomic E-state index is -4.67. The van der Waals surface area contributed by atoms with E-state index in [1.54, 1.807) is 0 Å². The van der Waals surface area contributed by atoms with Crippen molar-refractivity contribution in [1.82, 2.24) is 0 Å². The summed E-state index contributed by atoms with van der Waals surface area (Å²) in [6.45, 7) is 0. The molecule has 0 aromatic rings. The van der Waals surface area contributed by atoms with Gasteiger partial charge < -0.3 is 5.48 Å². The third-order valence-electron chi connectivity index (χ3n) is 0. The zero-order valence-corrected chi connectivity index (χ0v) is 11.9. The van der Waals surface area contributed by atoms with E-state index in [9.17, 15) is 0 Å². The molecule has 0 aromatic carbocycles. The molecule has 0 spiro atoms. The quantitative estimate of drug-likeness (QED) is 0.419. The molecule has 0 fully saturated rings. The summed E-state index contributed by atoms with van der Waals surface area (Å²) in [5.41, 5.74) is 0. The fourth-order valence-corrected chi connectivity index (χ4v) is 0. The molecule has 0 aromatic heterocycles. The van der Waals surface area contributed by atoms with E-state index in [0.717, 1.165) is 0 Å². The molecular formula is H4CdO5SZn. The number of rotatable bonds is 0. The van der Waals surface area contributed by atoms with Gasteiger partial charge in [-0.2, -0.15) is 8.42 Å². The predicted octanol–water partition coefficient (Wildman–Crippen LogP) is -1.48. The van der Waals surface area contributed by atoms with Gasteiger partial charge in [-0.1, -0.05) is 0 Å². The molecule has 0 heterocycles. The minimum Gasteiger partial charge on any atom is -0.412 e. The maximum atomic E-state index is 8.74. The summed E-state index contributed by atoms with van der Waals surface area (Å²) in [6.07, 6.45) is 0. The Labute approximate surface area is 79.7 Å². The van der Waals surface area contributed by atoms with Gasteiger partial charge >= 0.3 is 10.4 Å². The van der Waals surface area contributed by atoms with Crippen LogP contribution in [0.15, 0.2) is 0 Å². The van der Waals surface area contributed by atoms with Crippen LogP contribution < -0.4 is 0 Å². The Morgan fingerprint density at radius 2 is 1.12 bits per heavy atom. The van der Waals surface area contributed by atoms with Gasteiger partial charge in [0.2, 0.25) is 0 Å². The molecule has 0 aliphatic rings. The monoisotopic (exact) mass is 294 g/mol. The molecule has 0 bridgehead atoms. The molecule has 0 amide bonds. The third-order valence-corrected chi connectivity index (χ3v) is 0. The first-order chi connectivity index (χ1) is 2.00. The Hall–Kier alpha value is 1.38. The topological polar surface area (TPSA) is 106 Å². The number of hydrogen-bond acceptors (Lipinski definition) is 2. The van der Waals surface area contributed by atoms with Crippen molar-refractivity contribution in [3.63, 3.8) is 0 Å². The molecule has 0 atom stereocenters. The third kappa shape index (κ3) is 158. The first-order valence-electron chi connectivity index (χ1n) is 0.698. The minimum absolute atomic E-state index is 0. The second-order valence-electron chi connectivity index (χ2n) is 0.448.